The maximum Gasteiger partial charge on any atom is 0.124 e. The first-order valence-electron chi connectivity index (χ1n) is 5.75. The highest BCUT2D eigenvalue weighted by Crippen LogP contribution is 2.23. The van der Waals surface area contributed by atoms with E-state index in [2.05, 4.69) is 15.5 Å². The normalized spacial score (nSPS) is 12.7. The van der Waals surface area contributed by atoms with Crippen molar-refractivity contribution in [3.63, 3.8) is 0 Å². The molecular weight excluding hydrogens is 253 g/mol. The molecule has 0 saturated heterocycles. The molecular formula is C13H15ClFN3. The van der Waals surface area contributed by atoms with E-state index in [0.29, 0.717) is 11.6 Å². The summed E-state index contributed by atoms with van der Waals surface area (Å²) < 4.78 is 13.0. The number of nitrogens with one attached hydrogen (secondary N) is 2. The Labute approximate surface area is 110 Å². The summed E-state index contributed by atoms with van der Waals surface area (Å²) in [5, 5.41) is 10.6. The minimum Gasteiger partial charge on any atom is -0.306 e. The van der Waals surface area contributed by atoms with E-state index in [9.17, 15) is 4.39 Å². The lowest BCUT2D eigenvalue weighted by Crippen LogP contribution is -2.18. The summed E-state index contributed by atoms with van der Waals surface area (Å²) in [7, 11) is 0. The number of aryl methyl sites for hydroxylation is 1. The predicted octanol–water partition coefficient (Wildman–Crippen LogP) is 3.36. The zero-order valence-electron chi connectivity index (χ0n) is 10.3. The Bertz CT molecular complexity index is 539. The number of halogens is 2. The number of H-pyrrole nitrogens is 1. The number of aromatic amines is 1. The standard InChI is InChI=1S/C13H15ClFN3/c1-8-10(7-17-18-8)6-16-9(2)12-4-3-11(15)5-13(12)14/h3-5,7,9,16H,6H2,1-2H3,(H,17,18). The van der Waals surface area contributed by atoms with Crippen molar-refractivity contribution < 1.29 is 4.39 Å². The van der Waals surface area contributed by atoms with Gasteiger partial charge in [0.15, 0.2) is 0 Å². The zero-order valence-corrected chi connectivity index (χ0v) is 11.1. The van der Waals surface area contributed by atoms with E-state index in [-0.39, 0.29) is 11.9 Å². The van der Waals surface area contributed by atoms with Gasteiger partial charge in [-0.3, -0.25) is 5.10 Å². The van der Waals surface area contributed by atoms with Crippen LogP contribution in [-0.4, -0.2) is 10.2 Å². The van der Waals surface area contributed by atoms with E-state index < -0.39 is 0 Å². The molecule has 0 aliphatic rings. The van der Waals surface area contributed by atoms with Crippen LogP contribution in [0, 0.1) is 12.7 Å². The highest BCUT2D eigenvalue weighted by molar-refractivity contribution is 6.31. The molecule has 3 nitrogen and oxygen atoms in total. The summed E-state index contributed by atoms with van der Waals surface area (Å²) in [6, 6.07) is 4.51. The van der Waals surface area contributed by atoms with Gasteiger partial charge in [0.05, 0.1) is 6.20 Å². The van der Waals surface area contributed by atoms with Crippen LogP contribution < -0.4 is 5.32 Å². The molecule has 2 N–H and O–H groups in total. The molecule has 1 heterocycles. The molecule has 0 spiro atoms. The maximum atomic E-state index is 13.0. The predicted molar refractivity (Wildman–Crippen MR) is 70.0 cm³/mol. The largest absolute Gasteiger partial charge is 0.306 e. The van der Waals surface area contributed by atoms with Gasteiger partial charge in [-0.2, -0.15) is 5.10 Å². The lowest BCUT2D eigenvalue weighted by molar-refractivity contribution is 0.570. The first kappa shape index (κ1) is 13.1. The summed E-state index contributed by atoms with van der Waals surface area (Å²) >= 11 is 6.02. The van der Waals surface area contributed by atoms with Crippen LogP contribution in [0.2, 0.25) is 5.02 Å². The molecule has 0 saturated carbocycles. The average molecular weight is 268 g/mol. The fourth-order valence-corrected chi connectivity index (χ4v) is 2.11. The number of benzene rings is 1. The Morgan fingerprint density at radius 2 is 2.28 bits per heavy atom. The van der Waals surface area contributed by atoms with Gasteiger partial charge in [0.1, 0.15) is 5.82 Å². The SMILES string of the molecule is Cc1[nH]ncc1CNC(C)c1ccc(F)cc1Cl. The number of aromatic nitrogens is 2. The third kappa shape index (κ3) is 2.89. The summed E-state index contributed by atoms with van der Waals surface area (Å²) in [5.74, 6) is -0.318. The van der Waals surface area contributed by atoms with Crippen LogP contribution in [0.1, 0.15) is 29.8 Å². The van der Waals surface area contributed by atoms with Gasteiger partial charge in [0.2, 0.25) is 0 Å². The number of nitrogens with zero attached hydrogens (tertiary/aromatic N) is 1. The minimum absolute atomic E-state index is 0.0485. The molecule has 2 rings (SSSR count). The smallest absolute Gasteiger partial charge is 0.124 e. The van der Waals surface area contributed by atoms with Gasteiger partial charge in [-0.25, -0.2) is 4.39 Å². The van der Waals surface area contributed by atoms with E-state index in [1.807, 2.05) is 13.8 Å². The van der Waals surface area contributed by atoms with Crippen molar-refractivity contribution in [1.82, 2.24) is 15.5 Å². The molecule has 5 heteroatoms. The topological polar surface area (TPSA) is 40.7 Å². The number of hydrogen-bond acceptors (Lipinski definition) is 2. The van der Waals surface area contributed by atoms with Crippen LogP contribution in [-0.2, 0) is 6.54 Å². The molecule has 1 unspecified atom stereocenters. The van der Waals surface area contributed by atoms with Crippen molar-refractivity contribution >= 4 is 11.6 Å². The third-order valence-corrected chi connectivity index (χ3v) is 3.29. The van der Waals surface area contributed by atoms with E-state index in [1.165, 1.54) is 12.1 Å². The van der Waals surface area contributed by atoms with Crippen molar-refractivity contribution in [3.8, 4) is 0 Å². The fraction of sp³-hybridized carbons (Fsp3) is 0.308. The molecule has 0 aliphatic carbocycles. The molecule has 96 valence electrons. The van der Waals surface area contributed by atoms with Crippen molar-refractivity contribution in [2.75, 3.05) is 0 Å². The zero-order chi connectivity index (χ0) is 13.1. The van der Waals surface area contributed by atoms with E-state index in [0.717, 1.165) is 16.8 Å². The second-order valence-corrected chi connectivity index (χ2v) is 4.70. The van der Waals surface area contributed by atoms with E-state index in [4.69, 9.17) is 11.6 Å². The highest BCUT2D eigenvalue weighted by atomic mass is 35.5. The first-order valence-corrected chi connectivity index (χ1v) is 6.13. The number of hydrogen-bond donors (Lipinski definition) is 2. The monoisotopic (exact) mass is 267 g/mol. The molecule has 1 atom stereocenters. The average Bonchev–Trinajstić information content (AvgIpc) is 2.72. The first-order chi connectivity index (χ1) is 8.58. The molecule has 0 amide bonds. The maximum absolute atomic E-state index is 13.0. The van der Waals surface area contributed by atoms with Crippen molar-refractivity contribution in [2.45, 2.75) is 26.4 Å². The molecule has 2 aromatic rings. The van der Waals surface area contributed by atoms with E-state index >= 15 is 0 Å². The molecule has 0 fully saturated rings. The van der Waals surface area contributed by atoms with Crippen LogP contribution in [0.4, 0.5) is 4.39 Å². The summed E-state index contributed by atoms with van der Waals surface area (Å²) in [6.07, 6.45) is 1.79. The van der Waals surface area contributed by atoms with Gasteiger partial charge in [-0.1, -0.05) is 17.7 Å². The molecule has 0 aliphatic heterocycles. The summed E-state index contributed by atoms with van der Waals surface area (Å²) in [5.41, 5.74) is 3.04. The van der Waals surface area contributed by atoms with Gasteiger partial charge in [0.25, 0.3) is 0 Å². The molecule has 1 aromatic carbocycles. The second kappa shape index (κ2) is 5.50. The van der Waals surface area contributed by atoms with Gasteiger partial charge in [-0.05, 0) is 31.5 Å². The fourth-order valence-electron chi connectivity index (χ4n) is 1.78. The minimum atomic E-state index is -0.318. The Balaban J connectivity index is 2.03. The molecule has 0 radical (unpaired) electrons. The van der Waals surface area contributed by atoms with Crippen molar-refractivity contribution in [3.05, 3.63) is 52.1 Å². The summed E-state index contributed by atoms with van der Waals surface area (Å²) in [6.45, 7) is 4.66. The van der Waals surface area contributed by atoms with E-state index in [1.54, 1.807) is 12.3 Å². The van der Waals surface area contributed by atoms with Gasteiger partial charge >= 0.3 is 0 Å². The Kier molecular flexibility index (Phi) is 3.99. The van der Waals surface area contributed by atoms with Gasteiger partial charge < -0.3 is 5.32 Å². The van der Waals surface area contributed by atoms with Gasteiger partial charge in [-0.15, -0.1) is 0 Å². The quantitative estimate of drug-likeness (QED) is 0.892. The Morgan fingerprint density at radius 3 is 2.89 bits per heavy atom. The van der Waals surface area contributed by atoms with Crippen LogP contribution in [0.3, 0.4) is 0 Å². The van der Waals surface area contributed by atoms with Crippen molar-refractivity contribution in [1.29, 1.82) is 0 Å². The lowest BCUT2D eigenvalue weighted by atomic mass is 10.1. The molecule has 0 bridgehead atoms. The Morgan fingerprint density at radius 1 is 1.50 bits per heavy atom. The van der Waals surface area contributed by atoms with Crippen molar-refractivity contribution in [2.24, 2.45) is 0 Å². The summed E-state index contributed by atoms with van der Waals surface area (Å²) in [4.78, 5) is 0. The Hall–Kier alpha value is -1.39. The van der Waals surface area contributed by atoms with Crippen LogP contribution in [0.15, 0.2) is 24.4 Å². The second-order valence-electron chi connectivity index (χ2n) is 4.29. The van der Waals surface area contributed by atoms with Gasteiger partial charge in [0, 0.05) is 28.9 Å². The lowest BCUT2D eigenvalue weighted by Gasteiger charge is -2.15. The molecule has 18 heavy (non-hydrogen) atoms. The number of rotatable bonds is 4. The highest BCUT2D eigenvalue weighted by Gasteiger charge is 2.10. The van der Waals surface area contributed by atoms with Crippen LogP contribution >= 0.6 is 11.6 Å². The van der Waals surface area contributed by atoms with Crippen LogP contribution in [0.25, 0.3) is 0 Å². The third-order valence-electron chi connectivity index (χ3n) is 2.96. The van der Waals surface area contributed by atoms with Crippen LogP contribution in [0.5, 0.6) is 0 Å². The molecule has 1 aromatic heterocycles.